The van der Waals surface area contributed by atoms with Crippen LogP contribution in [-0.4, -0.2) is 27.5 Å². The molecule has 1 aliphatic carbocycles. The van der Waals surface area contributed by atoms with Gasteiger partial charge in [0.15, 0.2) is 0 Å². The normalized spacial score (nSPS) is 20.1. The van der Waals surface area contributed by atoms with E-state index in [9.17, 15) is 4.39 Å². The van der Waals surface area contributed by atoms with Crippen LogP contribution in [0.15, 0.2) is 60.1 Å². The number of fused-ring (bicyclic) bond motifs is 2. The van der Waals surface area contributed by atoms with Gasteiger partial charge < -0.3 is 4.90 Å². The maximum Gasteiger partial charge on any atom is 0.212 e. The third-order valence-corrected chi connectivity index (χ3v) is 6.86. The Morgan fingerprint density at radius 3 is 2.90 bits per heavy atom. The number of hydrogen-bond donors (Lipinski definition) is 0. The smallest absolute Gasteiger partial charge is 0.212 e. The molecule has 4 heterocycles. The third kappa shape index (κ3) is 2.93. The molecule has 2 atom stereocenters. The second-order valence-electron chi connectivity index (χ2n) is 7.67. The first-order chi connectivity index (χ1) is 14.3. The fraction of sp³-hybridized carbons (Fsp3) is 0.167. The van der Waals surface area contributed by atoms with E-state index in [0.29, 0.717) is 12.0 Å². The highest BCUT2D eigenvalue weighted by Crippen LogP contribution is 2.44. The van der Waals surface area contributed by atoms with Crippen LogP contribution in [0.5, 0.6) is 0 Å². The van der Waals surface area contributed by atoms with E-state index in [2.05, 4.69) is 57.9 Å². The molecular formula is C24H18FN3S. The Morgan fingerprint density at radius 2 is 2.00 bits per heavy atom. The summed E-state index contributed by atoms with van der Waals surface area (Å²) >= 11 is 1.74. The summed E-state index contributed by atoms with van der Waals surface area (Å²) in [5.41, 5.74) is 4.33. The van der Waals surface area contributed by atoms with E-state index in [-0.39, 0.29) is 0 Å². The van der Waals surface area contributed by atoms with Crippen LogP contribution in [0.2, 0.25) is 0 Å². The van der Waals surface area contributed by atoms with Crippen molar-refractivity contribution in [3.63, 3.8) is 0 Å². The van der Waals surface area contributed by atoms with Crippen molar-refractivity contribution in [1.29, 1.82) is 0 Å². The number of nitrogens with zero attached hydrogens (tertiary/aromatic N) is 3. The lowest BCUT2D eigenvalue weighted by Crippen LogP contribution is -2.34. The van der Waals surface area contributed by atoms with Gasteiger partial charge in [0.2, 0.25) is 5.95 Å². The van der Waals surface area contributed by atoms with E-state index in [1.165, 1.54) is 26.9 Å². The first kappa shape index (κ1) is 16.9. The van der Waals surface area contributed by atoms with Gasteiger partial charge in [-0.2, -0.15) is 4.39 Å². The van der Waals surface area contributed by atoms with Gasteiger partial charge in [0.05, 0.1) is 5.52 Å². The molecule has 3 aromatic heterocycles. The standard InChI is InChI=1S/C24H18FN3S/c25-24-8-6-16(12-26-24)19-14-29-23-9-10-28(13-18(19)23)22-11-17(22)21-7-5-15-3-1-2-4-20(15)27-21/h1-9,12-14,17,22H,10-11H2. The summed E-state index contributed by atoms with van der Waals surface area (Å²) in [6, 6.07) is 16.3. The molecular weight excluding hydrogens is 381 g/mol. The number of pyridine rings is 2. The van der Waals surface area contributed by atoms with E-state index in [4.69, 9.17) is 4.98 Å². The topological polar surface area (TPSA) is 29.0 Å². The summed E-state index contributed by atoms with van der Waals surface area (Å²) in [4.78, 5) is 11.1. The number of rotatable bonds is 3. The largest absolute Gasteiger partial charge is 0.369 e. The zero-order valence-electron chi connectivity index (χ0n) is 15.6. The molecule has 1 aromatic carbocycles. The molecule has 5 heteroatoms. The summed E-state index contributed by atoms with van der Waals surface area (Å²) in [6.45, 7) is 0.920. The first-order valence-corrected chi connectivity index (χ1v) is 10.7. The van der Waals surface area contributed by atoms with E-state index in [1.807, 2.05) is 6.07 Å². The molecule has 1 saturated carbocycles. The van der Waals surface area contributed by atoms with E-state index in [1.54, 1.807) is 23.6 Å². The van der Waals surface area contributed by atoms with Crippen LogP contribution in [0, 0.1) is 5.95 Å². The van der Waals surface area contributed by atoms with Crippen LogP contribution in [0.4, 0.5) is 4.39 Å². The molecule has 142 valence electrons. The van der Waals surface area contributed by atoms with Gasteiger partial charge in [0.1, 0.15) is 0 Å². The first-order valence-electron chi connectivity index (χ1n) is 9.79. The number of aromatic nitrogens is 2. The van der Waals surface area contributed by atoms with Crippen molar-refractivity contribution in [1.82, 2.24) is 14.9 Å². The Bertz CT molecular complexity index is 1340. The molecule has 0 spiro atoms. The summed E-state index contributed by atoms with van der Waals surface area (Å²) < 4.78 is 14.5. The van der Waals surface area contributed by atoms with Crippen molar-refractivity contribution >= 4 is 34.5 Å². The average molecular weight is 399 g/mol. The Balaban J connectivity index is 1.31. The van der Waals surface area contributed by atoms with E-state index >= 15 is 0 Å². The Labute approximate surface area is 171 Å². The summed E-state index contributed by atoms with van der Waals surface area (Å²) in [7, 11) is 0. The highest BCUT2D eigenvalue weighted by molar-refractivity contribution is 7.08. The Kier molecular flexibility index (Phi) is 3.78. The summed E-state index contributed by atoms with van der Waals surface area (Å²) in [5.74, 6) is 0.0269. The molecule has 0 bridgehead atoms. The zero-order chi connectivity index (χ0) is 19.4. The second kappa shape index (κ2) is 6.49. The van der Waals surface area contributed by atoms with Gasteiger partial charge in [0, 0.05) is 62.9 Å². The third-order valence-electron chi connectivity index (χ3n) is 5.86. The lowest BCUT2D eigenvalue weighted by atomic mass is 10.1. The number of benzene rings is 1. The minimum atomic E-state index is -0.446. The molecule has 0 amide bonds. The molecule has 1 fully saturated rings. The van der Waals surface area contributed by atoms with Crippen molar-refractivity contribution in [3.05, 3.63) is 81.5 Å². The summed E-state index contributed by atoms with van der Waals surface area (Å²) in [6.07, 6.45) is 7.31. The minimum Gasteiger partial charge on any atom is -0.369 e. The maximum atomic E-state index is 13.2. The summed E-state index contributed by atoms with van der Waals surface area (Å²) in [5, 5.41) is 4.55. The minimum absolute atomic E-state index is 0.446. The molecule has 2 aliphatic rings. The molecule has 3 nitrogen and oxygen atoms in total. The Morgan fingerprint density at radius 1 is 1.07 bits per heavy atom. The number of halogens is 1. The van der Waals surface area contributed by atoms with Crippen LogP contribution in [-0.2, 0) is 0 Å². The molecule has 29 heavy (non-hydrogen) atoms. The maximum absolute atomic E-state index is 13.2. The predicted octanol–water partition coefficient (Wildman–Crippen LogP) is 3.89. The van der Waals surface area contributed by atoms with Crippen LogP contribution in [0.25, 0.3) is 34.3 Å². The van der Waals surface area contributed by atoms with Crippen molar-refractivity contribution < 1.29 is 4.39 Å². The van der Waals surface area contributed by atoms with Gasteiger partial charge in [-0.05, 0) is 42.1 Å². The monoisotopic (exact) mass is 399 g/mol. The number of hydrogen-bond acceptors (Lipinski definition) is 4. The highest BCUT2D eigenvalue weighted by Gasteiger charge is 2.43. The fourth-order valence-electron chi connectivity index (χ4n) is 4.22. The molecule has 6 rings (SSSR count). The van der Waals surface area contributed by atoms with Gasteiger partial charge in [0.25, 0.3) is 0 Å². The second-order valence-corrected chi connectivity index (χ2v) is 8.58. The quantitative estimate of drug-likeness (QED) is 0.490. The molecule has 2 unspecified atom stereocenters. The van der Waals surface area contributed by atoms with Crippen molar-refractivity contribution in [2.75, 3.05) is 6.54 Å². The lowest BCUT2D eigenvalue weighted by Gasteiger charge is -2.21. The van der Waals surface area contributed by atoms with Crippen molar-refractivity contribution in [3.8, 4) is 11.1 Å². The van der Waals surface area contributed by atoms with Crippen LogP contribution < -0.4 is 9.75 Å². The SMILES string of the molecule is Fc1ccc(-c2csc3c2=CN(C2CC2c2ccc4ccccc4n2)CC=3)cn1. The molecule has 4 aromatic rings. The van der Waals surface area contributed by atoms with Crippen molar-refractivity contribution in [2.45, 2.75) is 18.4 Å². The van der Waals surface area contributed by atoms with Crippen LogP contribution in [0.3, 0.4) is 0 Å². The van der Waals surface area contributed by atoms with Crippen molar-refractivity contribution in [2.24, 2.45) is 0 Å². The molecule has 0 saturated heterocycles. The average Bonchev–Trinajstić information content (AvgIpc) is 3.46. The molecule has 0 N–H and O–H groups in total. The van der Waals surface area contributed by atoms with Crippen LogP contribution >= 0.6 is 11.3 Å². The zero-order valence-corrected chi connectivity index (χ0v) is 16.4. The highest BCUT2D eigenvalue weighted by atomic mass is 32.1. The lowest BCUT2D eigenvalue weighted by molar-refractivity contribution is 0.441. The van der Waals surface area contributed by atoms with E-state index < -0.39 is 5.95 Å². The Hall–Kier alpha value is -3.05. The van der Waals surface area contributed by atoms with Gasteiger partial charge in [-0.1, -0.05) is 24.3 Å². The fourth-order valence-corrected chi connectivity index (χ4v) is 5.19. The van der Waals surface area contributed by atoms with Crippen LogP contribution in [0.1, 0.15) is 18.0 Å². The van der Waals surface area contributed by atoms with Gasteiger partial charge in [-0.25, -0.2) is 4.98 Å². The number of thiophene rings is 1. The predicted molar refractivity (Wildman–Crippen MR) is 115 cm³/mol. The van der Waals surface area contributed by atoms with Gasteiger partial charge in [-0.3, -0.25) is 4.98 Å². The van der Waals surface area contributed by atoms with E-state index in [0.717, 1.165) is 29.6 Å². The van der Waals surface area contributed by atoms with Gasteiger partial charge in [-0.15, -0.1) is 11.3 Å². The number of para-hydroxylation sites is 1. The molecule has 1 aliphatic heterocycles. The molecule has 0 radical (unpaired) electrons. The van der Waals surface area contributed by atoms with Gasteiger partial charge >= 0.3 is 0 Å².